The molecule has 0 aliphatic carbocycles. The van der Waals surface area contributed by atoms with Crippen LogP contribution < -0.4 is 4.90 Å². The lowest BCUT2D eigenvalue weighted by Crippen LogP contribution is -2.22. The quantitative estimate of drug-likeness (QED) is 0.320. The average molecular weight is 398 g/mol. The normalized spacial score (nSPS) is 10.6. The molecule has 0 fully saturated rings. The van der Waals surface area contributed by atoms with Crippen LogP contribution in [0.1, 0.15) is 72.7 Å². The number of hydrogen-bond acceptors (Lipinski definition) is 5. The number of hydrogen-bond donors (Lipinski definition) is 1. The van der Waals surface area contributed by atoms with E-state index in [1.807, 2.05) is 13.8 Å². The Kier molecular flexibility index (Phi) is 8.71. The van der Waals surface area contributed by atoms with Gasteiger partial charge in [0, 0.05) is 24.3 Å². The summed E-state index contributed by atoms with van der Waals surface area (Å²) in [4.78, 5) is 27.8. The van der Waals surface area contributed by atoms with E-state index in [9.17, 15) is 14.7 Å². The molecule has 0 aliphatic heterocycles. The van der Waals surface area contributed by atoms with Crippen LogP contribution in [0.4, 0.5) is 5.69 Å². The van der Waals surface area contributed by atoms with E-state index in [1.165, 1.54) is 6.07 Å². The van der Waals surface area contributed by atoms with Crippen molar-refractivity contribution in [1.29, 1.82) is 0 Å². The number of unbranched alkanes of at least 4 members (excludes halogenated alkanes) is 3. The molecule has 0 radical (unpaired) electrons. The van der Waals surface area contributed by atoms with Crippen LogP contribution in [0.25, 0.3) is 0 Å². The number of ether oxygens (including phenoxy) is 1. The summed E-state index contributed by atoms with van der Waals surface area (Å²) in [5.74, 6) is -1.01. The Balaban J connectivity index is 2.26. The van der Waals surface area contributed by atoms with Crippen molar-refractivity contribution in [3.63, 3.8) is 0 Å². The van der Waals surface area contributed by atoms with Gasteiger partial charge in [-0.1, -0.05) is 44.4 Å². The zero-order chi connectivity index (χ0) is 21.2. The second-order valence-electron chi connectivity index (χ2n) is 6.95. The van der Waals surface area contributed by atoms with Crippen LogP contribution in [0.5, 0.6) is 5.75 Å². The van der Waals surface area contributed by atoms with Gasteiger partial charge in [-0.2, -0.15) is 0 Å². The smallest absolute Gasteiger partial charge is 0.338 e. The summed E-state index contributed by atoms with van der Waals surface area (Å²) in [5.41, 5.74) is 1.49. The van der Waals surface area contributed by atoms with Gasteiger partial charge in [-0.3, -0.25) is 4.79 Å². The fourth-order valence-electron chi connectivity index (χ4n) is 3.27. The first-order valence-electron chi connectivity index (χ1n) is 10.4. The lowest BCUT2D eigenvalue weighted by molar-refractivity contribution is 0.0495. The molecule has 156 valence electrons. The van der Waals surface area contributed by atoms with Crippen LogP contribution in [0.2, 0.25) is 0 Å². The molecule has 29 heavy (non-hydrogen) atoms. The third-order valence-electron chi connectivity index (χ3n) is 4.98. The maximum absolute atomic E-state index is 13.2. The topological polar surface area (TPSA) is 66.8 Å². The van der Waals surface area contributed by atoms with E-state index in [1.54, 1.807) is 36.4 Å². The molecular weight excluding hydrogens is 366 g/mol. The predicted molar refractivity (Wildman–Crippen MR) is 116 cm³/mol. The zero-order valence-electron chi connectivity index (χ0n) is 17.6. The molecule has 2 aromatic rings. The average Bonchev–Trinajstić information content (AvgIpc) is 2.75. The summed E-state index contributed by atoms with van der Waals surface area (Å²) in [6, 6.07) is 11.6. The second kappa shape index (κ2) is 11.2. The number of carbonyl (C=O) groups is 2. The third kappa shape index (κ3) is 5.83. The van der Waals surface area contributed by atoms with Crippen LogP contribution in [0.3, 0.4) is 0 Å². The Morgan fingerprint density at radius 2 is 1.59 bits per heavy atom. The molecular formula is C24H31NO4. The first kappa shape index (κ1) is 22.5. The van der Waals surface area contributed by atoms with Crippen molar-refractivity contribution >= 4 is 17.4 Å². The third-order valence-corrected chi connectivity index (χ3v) is 4.98. The highest BCUT2D eigenvalue weighted by Gasteiger charge is 2.22. The monoisotopic (exact) mass is 397 g/mol. The van der Waals surface area contributed by atoms with Crippen LogP contribution in [0.15, 0.2) is 42.5 Å². The van der Waals surface area contributed by atoms with Crippen molar-refractivity contribution in [1.82, 2.24) is 0 Å². The van der Waals surface area contributed by atoms with Crippen LogP contribution in [0, 0.1) is 0 Å². The maximum atomic E-state index is 13.2. The van der Waals surface area contributed by atoms with Crippen LogP contribution >= 0.6 is 0 Å². The summed E-state index contributed by atoms with van der Waals surface area (Å²) in [6.45, 7) is 8.10. The number of esters is 1. The fourth-order valence-corrected chi connectivity index (χ4v) is 3.27. The first-order valence-corrected chi connectivity index (χ1v) is 10.4. The SMILES string of the molecule is CCCCCCOC(=O)c1ccccc1C(=O)c1cc(N(CC)CC)ccc1O. The van der Waals surface area contributed by atoms with Crippen molar-refractivity contribution in [2.45, 2.75) is 46.5 Å². The molecule has 0 atom stereocenters. The zero-order valence-corrected chi connectivity index (χ0v) is 17.6. The standard InChI is InChI=1S/C24H31NO4/c1-4-7-8-11-16-29-24(28)20-13-10-9-12-19(20)23(27)21-17-18(14-15-22(21)26)25(5-2)6-3/h9-10,12-15,17,26H,4-8,11,16H2,1-3H3. The number of rotatable bonds is 11. The molecule has 0 heterocycles. The number of benzene rings is 2. The molecule has 0 amide bonds. The number of phenols is 1. The summed E-state index contributed by atoms with van der Waals surface area (Å²) < 4.78 is 5.37. The molecule has 5 heteroatoms. The van der Waals surface area contributed by atoms with Crippen LogP contribution in [-0.4, -0.2) is 36.6 Å². The van der Waals surface area contributed by atoms with E-state index in [0.29, 0.717) is 6.61 Å². The van der Waals surface area contributed by atoms with Crippen molar-refractivity contribution in [3.8, 4) is 5.75 Å². The van der Waals surface area contributed by atoms with E-state index in [0.717, 1.165) is 44.5 Å². The predicted octanol–water partition coefficient (Wildman–Crippen LogP) is 5.21. The highest BCUT2D eigenvalue weighted by atomic mass is 16.5. The summed E-state index contributed by atoms with van der Waals surface area (Å²) >= 11 is 0. The van der Waals surface area contributed by atoms with Crippen molar-refractivity contribution in [2.75, 3.05) is 24.6 Å². The molecule has 2 rings (SSSR count). The molecule has 0 bridgehead atoms. The Hall–Kier alpha value is -2.82. The van der Waals surface area contributed by atoms with Gasteiger partial charge in [0.05, 0.1) is 17.7 Å². The van der Waals surface area contributed by atoms with Gasteiger partial charge in [0.2, 0.25) is 0 Å². The van der Waals surface area contributed by atoms with Gasteiger partial charge in [-0.15, -0.1) is 0 Å². The van der Waals surface area contributed by atoms with Gasteiger partial charge < -0.3 is 14.7 Å². The largest absolute Gasteiger partial charge is 0.507 e. The second-order valence-corrected chi connectivity index (χ2v) is 6.95. The number of nitrogens with zero attached hydrogens (tertiary/aromatic N) is 1. The molecule has 0 unspecified atom stereocenters. The van der Waals surface area contributed by atoms with Crippen LogP contribution in [-0.2, 0) is 4.74 Å². The number of ketones is 1. The van der Waals surface area contributed by atoms with E-state index < -0.39 is 11.8 Å². The summed E-state index contributed by atoms with van der Waals surface area (Å²) in [5, 5.41) is 10.3. The molecule has 0 spiro atoms. The Bertz CT molecular complexity index is 827. The fraction of sp³-hybridized carbons (Fsp3) is 0.417. The number of phenolic OH excluding ortho intramolecular Hbond substituents is 1. The lowest BCUT2D eigenvalue weighted by atomic mass is 9.97. The molecule has 0 aliphatic rings. The molecule has 5 nitrogen and oxygen atoms in total. The van der Waals surface area contributed by atoms with Gasteiger partial charge in [0.25, 0.3) is 0 Å². The Morgan fingerprint density at radius 3 is 2.24 bits per heavy atom. The molecule has 1 N–H and O–H groups in total. The molecule has 0 aromatic heterocycles. The Morgan fingerprint density at radius 1 is 0.897 bits per heavy atom. The van der Waals surface area contributed by atoms with Gasteiger partial charge in [-0.05, 0) is 44.5 Å². The summed E-state index contributed by atoms with van der Waals surface area (Å²) in [7, 11) is 0. The van der Waals surface area contributed by atoms with Gasteiger partial charge in [0.15, 0.2) is 5.78 Å². The molecule has 0 saturated heterocycles. The van der Waals surface area contributed by atoms with E-state index in [4.69, 9.17) is 4.74 Å². The minimum atomic E-state index is -0.509. The van der Waals surface area contributed by atoms with Gasteiger partial charge in [0.1, 0.15) is 5.75 Å². The van der Waals surface area contributed by atoms with E-state index in [-0.39, 0.29) is 22.4 Å². The number of anilines is 1. The minimum Gasteiger partial charge on any atom is -0.507 e. The van der Waals surface area contributed by atoms with Gasteiger partial charge >= 0.3 is 5.97 Å². The lowest BCUT2D eigenvalue weighted by Gasteiger charge is -2.22. The Labute approximate surface area is 173 Å². The van der Waals surface area contributed by atoms with E-state index in [2.05, 4.69) is 11.8 Å². The van der Waals surface area contributed by atoms with Gasteiger partial charge in [-0.25, -0.2) is 4.79 Å². The highest BCUT2D eigenvalue weighted by molar-refractivity contribution is 6.16. The molecule has 2 aromatic carbocycles. The minimum absolute atomic E-state index is 0.103. The maximum Gasteiger partial charge on any atom is 0.338 e. The van der Waals surface area contributed by atoms with Crippen molar-refractivity contribution in [3.05, 3.63) is 59.2 Å². The molecule has 0 saturated carbocycles. The number of aromatic hydroxyl groups is 1. The highest BCUT2D eigenvalue weighted by Crippen LogP contribution is 2.27. The van der Waals surface area contributed by atoms with E-state index >= 15 is 0 Å². The summed E-state index contributed by atoms with van der Waals surface area (Å²) in [6.07, 6.45) is 4.04. The van der Waals surface area contributed by atoms with Crippen molar-refractivity contribution in [2.24, 2.45) is 0 Å². The first-order chi connectivity index (χ1) is 14.0. The van der Waals surface area contributed by atoms with Crippen molar-refractivity contribution < 1.29 is 19.4 Å². The number of carbonyl (C=O) groups excluding carboxylic acids is 2.